The second-order valence-electron chi connectivity index (χ2n) is 4.20. The Balaban J connectivity index is 2.20. The predicted molar refractivity (Wildman–Crippen MR) is 67.7 cm³/mol. The van der Waals surface area contributed by atoms with Crippen molar-refractivity contribution in [2.24, 2.45) is 0 Å². The molecule has 1 aliphatic rings. The van der Waals surface area contributed by atoms with Crippen molar-refractivity contribution >= 4 is 16.9 Å². The van der Waals surface area contributed by atoms with Crippen LogP contribution in [0.2, 0.25) is 0 Å². The lowest BCUT2D eigenvalue weighted by atomic mass is 9.98. The van der Waals surface area contributed by atoms with E-state index in [2.05, 4.69) is 5.32 Å². The summed E-state index contributed by atoms with van der Waals surface area (Å²) < 4.78 is 10.4. The molecule has 18 heavy (non-hydrogen) atoms. The van der Waals surface area contributed by atoms with E-state index < -0.39 is 0 Å². The zero-order chi connectivity index (χ0) is 12.5. The van der Waals surface area contributed by atoms with E-state index in [4.69, 9.17) is 9.47 Å². The first-order valence-corrected chi connectivity index (χ1v) is 5.78. The lowest BCUT2D eigenvalue weighted by Gasteiger charge is -2.15. The van der Waals surface area contributed by atoms with Crippen molar-refractivity contribution in [1.29, 1.82) is 0 Å². The minimum Gasteiger partial charge on any atom is -0.496 e. The first-order chi connectivity index (χ1) is 8.79. The number of rotatable bonds is 2. The van der Waals surface area contributed by atoms with Gasteiger partial charge in [0.1, 0.15) is 12.4 Å². The van der Waals surface area contributed by atoms with Crippen LogP contribution >= 0.6 is 0 Å². The molecule has 1 fully saturated rings. The fraction of sp³-hybridized carbons (Fsp3) is 0.214. The molecule has 2 aromatic carbocycles. The molecule has 4 nitrogen and oxygen atoms in total. The molecule has 3 rings (SSSR count). The topological polar surface area (TPSA) is 47.6 Å². The van der Waals surface area contributed by atoms with Crippen LogP contribution in [-0.4, -0.2) is 19.8 Å². The standard InChI is InChI=1S/C14H13NO3/c1-17-12-7-6-9-4-2-3-5-10(9)13(12)11-8-18-14(16)15-11/h2-7,11H,8H2,1H3,(H,15,16)/t11-/m0/s1. The number of alkyl carbamates (subject to hydrolysis) is 1. The van der Waals surface area contributed by atoms with Gasteiger partial charge in [0, 0.05) is 5.56 Å². The summed E-state index contributed by atoms with van der Waals surface area (Å²) in [6.07, 6.45) is -0.380. The summed E-state index contributed by atoms with van der Waals surface area (Å²) in [6, 6.07) is 11.8. The number of cyclic esters (lactones) is 1. The third kappa shape index (κ3) is 1.66. The van der Waals surface area contributed by atoms with Crippen molar-refractivity contribution in [2.45, 2.75) is 6.04 Å². The quantitative estimate of drug-likeness (QED) is 0.882. The van der Waals surface area contributed by atoms with Gasteiger partial charge >= 0.3 is 6.09 Å². The highest BCUT2D eigenvalue weighted by Gasteiger charge is 2.27. The molecule has 1 N–H and O–H groups in total. The average molecular weight is 243 g/mol. The third-order valence-corrected chi connectivity index (χ3v) is 3.17. The predicted octanol–water partition coefficient (Wildman–Crippen LogP) is 2.63. The summed E-state index contributed by atoms with van der Waals surface area (Å²) >= 11 is 0. The van der Waals surface area contributed by atoms with Crippen LogP contribution in [0, 0.1) is 0 Å². The van der Waals surface area contributed by atoms with E-state index in [1.165, 1.54) is 0 Å². The van der Waals surface area contributed by atoms with Gasteiger partial charge in [0.05, 0.1) is 13.2 Å². The molecule has 0 bridgehead atoms. The number of hydrogen-bond donors (Lipinski definition) is 1. The van der Waals surface area contributed by atoms with E-state index in [0.29, 0.717) is 6.61 Å². The molecular weight excluding hydrogens is 230 g/mol. The number of carbonyl (C=O) groups is 1. The van der Waals surface area contributed by atoms with Crippen LogP contribution in [0.25, 0.3) is 10.8 Å². The maximum absolute atomic E-state index is 11.2. The molecule has 2 aromatic rings. The number of amides is 1. The number of ether oxygens (including phenoxy) is 2. The summed E-state index contributed by atoms with van der Waals surface area (Å²) in [6.45, 7) is 0.337. The van der Waals surface area contributed by atoms with Gasteiger partial charge in [-0.2, -0.15) is 0 Å². The van der Waals surface area contributed by atoms with Crippen molar-refractivity contribution in [2.75, 3.05) is 13.7 Å². The number of nitrogens with one attached hydrogen (secondary N) is 1. The smallest absolute Gasteiger partial charge is 0.407 e. The van der Waals surface area contributed by atoms with Crippen LogP contribution in [0.15, 0.2) is 36.4 Å². The summed E-state index contributed by atoms with van der Waals surface area (Å²) in [4.78, 5) is 11.2. The van der Waals surface area contributed by atoms with Crippen LogP contribution in [0.3, 0.4) is 0 Å². The van der Waals surface area contributed by atoms with Crippen LogP contribution < -0.4 is 10.1 Å². The zero-order valence-electron chi connectivity index (χ0n) is 9.97. The molecule has 0 saturated carbocycles. The molecule has 1 atom stereocenters. The number of methoxy groups -OCH3 is 1. The van der Waals surface area contributed by atoms with Gasteiger partial charge in [-0.3, -0.25) is 0 Å². The largest absolute Gasteiger partial charge is 0.496 e. The number of hydrogen-bond acceptors (Lipinski definition) is 3. The van der Waals surface area contributed by atoms with E-state index in [1.807, 2.05) is 36.4 Å². The summed E-state index contributed by atoms with van der Waals surface area (Å²) in [5.74, 6) is 0.768. The Morgan fingerprint density at radius 3 is 2.83 bits per heavy atom. The zero-order valence-corrected chi connectivity index (χ0v) is 9.97. The summed E-state index contributed by atoms with van der Waals surface area (Å²) in [7, 11) is 1.63. The number of carbonyl (C=O) groups excluding carboxylic acids is 1. The SMILES string of the molecule is COc1ccc2ccccc2c1[C@@H]1COC(=O)N1. The Morgan fingerprint density at radius 2 is 2.11 bits per heavy atom. The fourth-order valence-electron chi connectivity index (χ4n) is 2.35. The van der Waals surface area contributed by atoms with Gasteiger partial charge in [0.25, 0.3) is 0 Å². The highest BCUT2D eigenvalue weighted by molar-refractivity contribution is 5.89. The Kier molecular flexibility index (Phi) is 2.55. The summed E-state index contributed by atoms with van der Waals surface area (Å²) in [5.41, 5.74) is 0.974. The van der Waals surface area contributed by atoms with Crippen molar-refractivity contribution in [3.05, 3.63) is 42.0 Å². The fourth-order valence-corrected chi connectivity index (χ4v) is 2.35. The van der Waals surface area contributed by atoms with Gasteiger partial charge in [-0.1, -0.05) is 30.3 Å². The normalized spacial score (nSPS) is 18.5. The Hall–Kier alpha value is -2.23. The molecule has 0 aromatic heterocycles. The van der Waals surface area contributed by atoms with E-state index in [1.54, 1.807) is 7.11 Å². The van der Waals surface area contributed by atoms with Crippen molar-refractivity contribution < 1.29 is 14.3 Å². The molecule has 92 valence electrons. The van der Waals surface area contributed by atoms with Gasteiger partial charge in [-0.25, -0.2) is 4.79 Å². The maximum Gasteiger partial charge on any atom is 0.407 e. The maximum atomic E-state index is 11.2. The Bertz CT molecular complexity index is 609. The molecule has 1 aliphatic heterocycles. The van der Waals surface area contributed by atoms with E-state index in [0.717, 1.165) is 22.1 Å². The van der Waals surface area contributed by atoms with Crippen LogP contribution in [0.4, 0.5) is 4.79 Å². The molecule has 1 amide bonds. The lowest BCUT2D eigenvalue weighted by Crippen LogP contribution is -2.19. The van der Waals surface area contributed by atoms with Crippen LogP contribution in [0.1, 0.15) is 11.6 Å². The molecule has 0 unspecified atom stereocenters. The van der Waals surface area contributed by atoms with Gasteiger partial charge in [0.2, 0.25) is 0 Å². The highest BCUT2D eigenvalue weighted by atomic mass is 16.6. The lowest BCUT2D eigenvalue weighted by molar-refractivity contribution is 0.177. The molecule has 0 spiro atoms. The first kappa shape index (κ1) is 10.9. The second kappa shape index (κ2) is 4.22. The Labute approximate surface area is 105 Å². The van der Waals surface area contributed by atoms with Gasteiger partial charge < -0.3 is 14.8 Å². The van der Waals surface area contributed by atoms with E-state index >= 15 is 0 Å². The summed E-state index contributed by atoms with van der Waals surface area (Å²) in [5, 5.41) is 4.99. The van der Waals surface area contributed by atoms with Crippen molar-refractivity contribution in [3.8, 4) is 5.75 Å². The molecule has 1 heterocycles. The molecule has 1 saturated heterocycles. The minimum absolute atomic E-state index is 0.154. The second-order valence-corrected chi connectivity index (χ2v) is 4.20. The molecular formula is C14H13NO3. The molecule has 0 radical (unpaired) electrons. The first-order valence-electron chi connectivity index (χ1n) is 5.78. The van der Waals surface area contributed by atoms with Crippen molar-refractivity contribution in [1.82, 2.24) is 5.32 Å². The Morgan fingerprint density at radius 1 is 1.28 bits per heavy atom. The third-order valence-electron chi connectivity index (χ3n) is 3.17. The monoisotopic (exact) mass is 243 g/mol. The van der Waals surface area contributed by atoms with Crippen LogP contribution in [0.5, 0.6) is 5.75 Å². The average Bonchev–Trinajstić information content (AvgIpc) is 2.83. The highest BCUT2D eigenvalue weighted by Crippen LogP contribution is 2.34. The van der Waals surface area contributed by atoms with Crippen molar-refractivity contribution in [3.63, 3.8) is 0 Å². The minimum atomic E-state index is -0.380. The van der Waals surface area contributed by atoms with Gasteiger partial charge in [-0.15, -0.1) is 0 Å². The molecule has 4 heteroatoms. The van der Waals surface area contributed by atoms with Crippen LogP contribution in [-0.2, 0) is 4.74 Å². The van der Waals surface area contributed by atoms with Gasteiger partial charge in [-0.05, 0) is 16.8 Å². The molecule has 0 aliphatic carbocycles. The van der Waals surface area contributed by atoms with E-state index in [9.17, 15) is 4.79 Å². The van der Waals surface area contributed by atoms with E-state index in [-0.39, 0.29) is 12.1 Å². The van der Waals surface area contributed by atoms with Gasteiger partial charge in [0.15, 0.2) is 0 Å². The number of benzene rings is 2. The number of fused-ring (bicyclic) bond motifs is 1.